The topological polar surface area (TPSA) is 49.8 Å². The Morgan fingerprint density at radius 3 is 2.57 bits per heavy atom. The van der Waals surface area contributed by atoms with Crippen molar-refractivity contribution in [2.45, 2.75) is 44.9 Å². The standard InChI is InChI=1S/C30H30F3NO3/c1-20-21(11-8-12-25(20)22-9-4-3-5-10-22)14-15-23-18-28(37-2)24(17-26(23)30(31,32)33)19-34-16-7-6-13-27(34)29(35)36/h3-5,8-12,14-15,17-18,27H,6-7,13,16,19H2,1-2H3,(H,35,36)/b15-14+/t27-/m0/s1/i2D3. The fraction of sp³-hybridized carbons (Fsp3) is 0.300. The highest BCUT2D eigenvalue weighted by Crippen LogP contribution is 2.38. The molecule has 4 rings (SSSR count). The molecule has 7 heteroatoms. The van der Waals surface area contributed by atoms with E-state index in [0.29, 0.717) is 31.4 Å². The number of piperidine rings is 1. The highest BCUT2D eigenvalue weighted by Gasteiger charge is 2.35. The predicted molar refractivity (Wildman–Crippen MR) is 139 cm³/mol. The van der Waals surface area contributed by atoms with Crippen LogP contribution in [0.25, 0.3) is 23.3 Å². The average molecular weight is 513 g/mol. The molecule has 4 nitrogen and oxygen atoms in total. The van der Waals surface area contributed by atoms with Gasteiger partial charge in [0.25, 0.3) is 0 Å². The summed E-state index contributed by atoms with van der Waals surface area (Å²) in [5, 5.41) is 9.61. The second kappa shape index (κ2) is 11.2. The van der Waals surface area contributed by atoms with E-state index in [2.05, 4.69) is 0 Å². The fourth-order valence-corrected chi connectivity index (χ4v) is 4.87. The number of carbonyl (C=O) groups is 1. The maximum Gasteiger partial charge on any atom is 0.417 e. The number of nitrogens with zero attached hydrogens (tertiary/aromatic N) is 1. The Labute approximate surface area is 219 Å². The number of carboxylic acid groups (broad SMARTS) is 1. The first-order chi connectivity index (χ1) is 18.8. The number of alkyl halides is 3. The molecule has 0 bridgehead atoms. The van der Waals surface area contributed by atoms with Gasteiger partial charge in [-0.3, -0.25) is 9.69 Å². The minimum Gasteiger partial charge on any atom is -0.496 e. The van der Waals surface area contributed by atoms with Crippen LogP contribution in [0.3, 0.4) is 0 Å². The quantitative estimate of drug-likeness (QED) is 0.338. The van der Waals surface area contributed by atoms with Gasteiger partial charge in [-0.2, -0.15) is 13.2 Å². The Kier molecular flexibility index (Phi) is 6.85. The lowest BCUT2D eigenvalue weighted by Crippen LogP contribution is -2.44. The van der Waals surface area contributed by atoms with Gasteiger partial charge >= 0.3 is 12.1 Å². The monoisotopic (exact) mass is 512 g/mol. The van der Waals surface area contributed by atoms with E-state index in [-0.39, 0.29) is 23.4 Å². The summed E-state index contributed by atoms with van der Waals surface area (Å²) in [6, 6.07) is 16.3. The molecule has 0 spiro atoms. The molecule has 1 atom stereocenters. The third kappa shape index (κ3) is 6.05. The molecule has 0 radical (unpaired) electrons. The van der Waals surface area contributed by atoms with Crippen LogP contribution in [0.1, 0.15) is 51.2 Å². The normalized spacial score (nSPS) is 18.3. The number of methoxy groups -OCH3 is 1. The van der Waals surface area contributed by atoms with Crippen molar-refractivity contribution < 1.29 is 31.9 Å². The number of rotatable bonds is 7. The van der Waals surface area contributed by atoms with Gasteiger partial charge in [0.05, 0.1) is 16.7 Å². The third-order valence-corrected chi connectivity index (χ3v) is 6.82. The molecule has 1 fully saturated rings. The van der Waals surface area contributed by atoms with E-state index < -0.39 is 30.8 Å². The number of aliphatic carboxylic acids is 1. The summed E-state index contributed by atoms with van der Waals surface area (Å²) in [5.41, 5.74) is 2.24. The Bertz CT molecular complexity index is 1390. The average Bonchev–Trinajstić information content (AvgIpc) is 2.88. The predicted octanol–water partition coefficient (Wildman–Crippen LogP) is 7.30. The number of carboxylic acids is 1. The van der Waals surface area contributed by atoms with Crippen LogP contribution in [-0.2, 0) is 17.5 Å². The molecule has 3 aromatic carbocycles. The summed E-state index contributed by atoms with van der Waals surface area (Å²) in [6.45, 7) is 2.06. The first-order valence-corrected chi connectivity index (χ1v) is 12.1. The van der Waals surface area contributed by atoms with Crippen LogP contribution in [0.15, 0.2) is 60.7 Å². The molecule has 0 unspecified atom stereocenters. The summed E-state index contributed by atoms with van der Waals surface area (Å²) in [6.07, 6.45) is -0.142. The number of ether oxygens (including phenoxy) is 1. The number of benzene rings is 3. The maximum atomic E-state index is 14.3. The number of halogens is 3. The summed E-state index contributed by atoms with van der Waals surface area (Å²) in [5.74, 6) is -1.31. The van der Waals surface area contributed by atoms with Crippen molar-refractivity contribution in [3.05, 3.63) is 88.5 Å². The minimum absolute atomic E-state index is 0.0315. The van der Waals surface area contributed by atoms with Gasteiger partial charge in [-0.1, -0.05) is 67.1 Å². The van der Waals surface area contributed by atoms with Crippen molar-refractivity contribution in [2.75, 3.05) is 13.6 Å². The van der Waals surface area contributed by atoms with E-state index in [1.54, 1.807) is 17.0 Å². The van der Waals surface area contributed by atoms with Crippen molar-refractivity contribution in [2.24, 2.45) is 0 Å². The van der Waals surface area contributed by atoms with Crippen molar-refractivity contribution >= 4 is 18.1 Å². The Hall–Kier alpha value is -3.58. The van der Waals surface area contributed by atoms with Gasteiger partial charge in [0, 0.05) is 12.1 Å². The second-order valence-electron chi connectivity index (χ2n) is 9.19. The minimum atomic E-state index is -4.75. The molecule has 1 heterocycles. The lowest BCUT2D eigenvalue weighted by molar-refractivity contribution is -0.145. The molecule has 0 aliphatic carbocycles. The molecule has 0 amide bonds. The molecule has 3 aromatic rings. The fourth-order valence-electron chi connectivity index (χ4n) is 4.87. The largest absolute Gasteiger partial charge is 0.496 e. The van der Waals surface area contributed by atoms with Gasteiger partial charge in [-0.15, -0.1) is 0 Å². The van der Waals surface area contributed by atoms with Crippen molar-refractivity contribution in [1.82, 2.24) is 4.90 Å². The first-order valence-electron chi connectivity index (χ1n) is 13.6. The van der Waals surface area contributed by atoms with E-state index in [4.69, 9.17) is 8.85 Å². The zero-order valence-corrected chi connectivity index (χ0v) is 20.4. The smallest absolute Gasteiger partial charge is 0.417 e. The molecule has 194 valence electrons. The molecule has 1 N–H and O–H groups in total. The van der Waals surface area contributed by atoms with Crippen LogP contribution in [-0.4, -0.2) is 35.6 Å². The summed E-state index contributed by atoms with van der Waals surface area (Å²) >= 11 is 0. The molecule has 1 aliphatic rings. The number of likely N-dealkylation sites (tertiary alicyclic amines) is 1. The second-order valence-corrected chi connectivity index (χ2v) is 9.19. The van der Waals surface area contributed by atoms with Gasteiger partial charge in [0.2, 0.25) is 0 Å². The molecule has 0 saturated carbocycles. The van der Waals surface area contributed by atoms with E-state index >= 15 is 0 Å². The molecular weight excluding hydrogens is 479 g/mol. The number of hydrogen-bond donors (Lipinski definition) is 1. The zero-order chi connectivity index (χ0) is 29.1. The van der Waals surface area contributed by atoms with Gasteiger partial charge in [0.1, 0.15) is 11.8 Å². The lowest BCUT2D eigenvalue weighted by Gasteiger charge is -2.33. The molecule has 1 aliphatic heterocycles. The zero-order valence-electron chi connectivity index (χ0n) is 23.4. The third-order valence-electron chi connectivity index (χ3n) is 6.82. The van der Waals surface area contributed by atoms with Crippen molar-refractivity contribution in [3.63, 3.8) is 0 Å². The van der Waals surface area contributed by atoms with Crippen LogP contribution < -0.4 is 4.74 Å². The summed E-state index contributed by atoms with van der Waals surface area (Å²) in [7, 11) is -2.91. The van der Waals surface area contributed by atoms with E-state index in [1.807, 2.05) is 49.4 Å². The Morgan fingerprint density at radius 2 is 1.86 bits per heavy atom. The summed E-state index contributed by atoms with van der Waals surface area (Å²) < 4.78 is 70.7. The Morgan fingerprint density at radius 1 is 1.11 bits per heavy atom. The molecule has 37 heavy (non-hydrogen) atoms. The maximum absolute atomic E-state index is 14.3. The SMILES string of the molecule is [2H]C([2H])([2H])Oc1cc(/C=C/c2cccc(-c3ccccc3)c2C)c(C(F)(F)F)cc1CN1CCCC[C@H]1C(=O)O. The van der Waals surface area contributed by atoms with Crippen LogP contribution in [0.2, 0.25) is 0 Å². The van der Waals surface area contributed by atoms with Crippen LogP contribution in [0.5, 0.6) is 5.75 Å². The van der Waals surface area contributed by atoms with Gasteiger partial charge < -0.3 is 9.84 Å². The van der Waals surface area contributed by atoms with Crippen LogP contribution >= 0.6 is 0 Å². The molecule has 1 saturated heterocycles. The Balaban J connectivity index is 1.78. The van der Waals surface area contributed by atoms with E-state index in [9.17, 15) is 23.1 Å². The number of hydrogen-bond acceptors (Lipinski definition) is 3. The van der Waals surface area contributed by atoms with Crippen molar-refractivity contribution in [1.29, 1.82) is 0 Å². The molecule has 0 aromatic heterocycles. The van der Waals surface area contributed by atoms with E-state index in [1.165, 1.54) is 6.08 Å². The van der Waals surface area contributed by atoms with Gasteiger partial charge in [-0.05, 0) is 66.3 Å². The first kappa shape index (κ1) is 22.6. The van der Waals surface area contributed by atoms with Crippen LogP contribution in [0.4, 0.5) is 13.2 Å². The van der Waals surface area contributed by atoms with Gasteiger partial charge in [0.15, 0.2) is 0 Å². The lowest BCUT2D eigenvalue weighted by atomic mass is 9.95. The van der Waals surface area contributed by atoms with E-state index in [0.717, 1.165) is 28.8 Å². The van der Waals surface area contributed by atoms with Crippen molar-refractivity contribution in [3.8, 4) is 16.9 Å². The highest BCUT2D eigenvalue weighted by atomic mass is 19.4. The highest BCUT2D eigenvalue weighted by molar-refractivity contribution is 5.78. The van der Waals surface area contributed by atoms with Gasteiger partial charge in [-0.25, -0.2) is 0 Å². The molecular formula is C30H30F3NO3. The summed E-state index contributed by atoms with van der Waals surface area (Å²) in [4.78, 5) is 13.3. The van der Waals surface area contributed by atoms with Crippen LogP contribution in [0, 0.1) is 6.92 Å².